The molecule has 0 saturated heterocycles. The molecule has 0 aliphatic heterocycles. The zero-order valence-electron chi connectivity index (χ0n) is 12.7. The maximum absolute atomic E-state index is 12.9. The average molecular weight is 298 g/mol. The van der Waals surface area contributed by atoms with E-state index in [0.717, 1.165) is 5.56 Å². The maximum atomic E-state index is 12.9. The number of benzene rings is 1. The highest BCUT2D eigenvalue weighted by atomic mass is 19.1. The Labute approximate surface area is 124 Å². The van der Waals surface area contributed by atoms with Gasteiger partial charge in [-0.1, -0.05) is 12.1 Å². The molecule has 0 unspecified atom stereocenters. The number of carbonyl (C=O) groups is 1. The second kappa shape index (κ2) is 7.38. The number of rotatable bonds is 5. The van der Waals surface area contributed by atoms with Gasteiger partial charge >= 0.3 is 6.09 Å². The summed E-state index contributed by atoms with van der Waals surface area (Å²) in [6, 6.07) is 5.81. The lowest BCUT2D eigenvalue weighted by Crippen LogP contribution is -2.42. The van der Waals surface area contributed by atoms with Crippen LogP contribution in [-0.4, -0.2) is 40.9 Å². The molecule has 21 heavy (non-hydrogen) atoms. The molecule has 0 heterocycles. The molecule has 0 bridgehead atoms. The molecule has 1 aromatic carbocycles. The van der Waals surface area contributed by atoms with Crippen molar-refractivity contribution in [1.82, 2.24) is 4.90 Å². The number of halogens is 1. The Morgan fingerprint density at radius 2 is 1.95 bits per heavy atom. The molecular formula is C15H23FN2O3. The number of carbonyl (C=O) groups excluding carboxylic acids is 1. The van der Waals surface area contributed by atoms with E-state index >= 15 is 0 Å². The third-order valence-electron chi connectivity index (χ3n) is 2.64. The highest BCUT2D eigenvalue weighted by Gasteiger charge is 2.23. The van der Waals surface area contributed by atoms with E-state index in [-0.39, 0.29) is 25.5 Å². The molecule has 1 atom stereocenters. The van der Waals surface area contributed by atoms with Crippen LogP contribution in [0.3, 0.4) is 0 Å². The maximum Gasteiger partial charge on any atom is 0.410 e. The van der Waals surface area contributed by atoms with Crippen molar-refractivity contribution < 1.29 is 19.0 Å². The summed E-state index contributed by atoms with van der Waals surface area (Å²) in [5.74, 6) is -0.343. The minimum atomic E-state index is -0.835. The molecule has 0 aliphatic rings. The van der Waals surface area contributed by atoms with Crippen molar-refractivity contribution in [3.63, 3.8) is 0 Å². The number of hydrogen-bond acceptors (Lipinski definition) is 4. The number of nitrogens with zero attached hydrogens (tertiary/aromatic N) is 1. The lowest BCUT2D eigenvalue weighted by molar-refractivity contribution is 0.0135. The third-order valence-corrected chi connectivity index (χ3v) is 2.64. The van der Waals surface area contributed by atoms with Crippen LogP contribution in [0.1, 0.15) is 26.3 Å². The Bertz CT molecular complexity index is 457. The lowest BCUT2D eigenvalue weighted by Gasteiger charge is -2.28. The molecule has 0 aromatic heterocycles. The van der Waals surface area contributed by atoms with Crippen molar-refractivity contribution in [1.29, 1.82) is 0 Å². The van der Waals surface area contributed by atoms with Crippen molar-refractivity contribution in [3.05, 3.63) is 35.6 Å². The summed E-state index contributed by atoms with van der Waals surface area (Å²) in [4.78, 5) is 13.5. The Kier molecular flexibility index (Phi) is 6.11. The minimum Gasteiger partial charge on any atom is -0.444 e. The average Bonchev–Trinajstić information content (AvgIpc) is 2.38. The number of nitrogens with two attached hydrogens (primary N) is 1. The number of aliphatic hydroxyl groups excluding tert-OH is 1. The van der Waals surface area contributed by atoms with Crippen LogP contribution in [0.4, 0.5) is 9.18 Å². The van der Waals surface area contributed by atoms with Crippen LogP contribution in [-0.2, 0) is 11.3 Å². The quantitative estimate of drug-likeness (QED) is 0.870. The summed E-state index contributed by atoms with van der Waals surface area (Å²) in [5.41, 5.74) is 5.49. The molecule has 0 spiro atoms. The van der Waals surface area contributed by atoms with Gasteiger partial charge in [-0.2, -0.15) is 0 Å². The van der Waals surface area contributed by atoms with Gasteiger partial charge in [-0.15, -0.1) is 0 Å². The second-order valence-corrected chi connectivity index (χ2v) is 5.88. The predicted molar refractivity (Wildman–Crippen MR) is 78.1 cm³/mol. The number of hydrogen-bond donors (Lipinski definition) is 2. The van der Waals surface area contributed by atoms with E-state index in [1.807, 2.05) is 0 Å². The summed E-state index contributed by atoms with van der Waals surface area (Å²) < 4.78 is 18.2. The molecule has 0 saturated carbocycles. The molecule has 6 heteroatoms. The van der Waals surface area contributed by atoms with Crippen LogP contribution in [0, 0.1) is 5.82 Å². The van der Waals surface area contributed by atoms with E-state index in [2.05, 4.69) is 0 Å². The van der Waals surface area contributed by atoms with Gasteiger partial charge in [0.25, 0.3) is 0 Å². The first kappa shape index (κ1) is 17.4. The molecule has 1 aromatic rings. The molecule has 0 fully saturated rings. The molecule has 118 valence electrons. The minimum absolute atomic E-state index is 0.0444. The summed E-state index contributed by atoms with van der Waals surface area (Å²) in [7, 11) is 0. The van der Waals surface area contributed by atoms with Crippen LogP contribution >= 0.6 is 0 Å². The van der Waals surface area contributed by atoms with Crippen LogP contribution in [0.2, 0.25) is 0 Å². The molecule has 0 aliphatic carbocycles. The normalized spacial score (nSPS) is 12.9. The standard InChI is InChI=1S/C15H23FN2O3/c1-15(2,3)21-14(20)18(10-13(19)8-17)9-11-4-6-12(16)7-5-11/h4-7,13,19H,8-10,17H2,1-3H3/t13-/m1/s1. The van der Waals surface area contributed by atoms with Gasteiger partial charge in [0.1, 0.15) is 11.4 Å². The summed E-state index contributed by atoms with van der Waals surface area (Å²) in [5, 5.41) is 9.66. The fourth-order valence-corrected chi connectivity index (χ4v) is 1.67. The first-order valence-corrected chi connectivity index (χ1v) is 6.82. The SMILES string of the molecule is CC(C)(C)OC(=O)N(Cc1ccc(F)cc1)C[C@H](O)CN. The third kappa shape index (κ3) is 6.55. The van der Waals surface area contributed by atoms with Gasteiger partial charge in [-0.25, -0.2) is 9.18 Å². The predicted octanol–water partition coefficient (Wildman–Crippen LogP) is 1.88. The Morgan fingerprint density at radius 1 is 1.38 bits per heavy atom. The smallest absolute Gasteiger partial charge is 0.410 e. The van der Waals surface area contributed by atoms with Crippen molar-refractivity contribution in [2.45, 2.75) is 39.0 Å². The van der Waals surface area contributed by atoms with E-state index in [0.29, 0.717) is 0 Å². The van der Waals surface area contributed by atoms with Gasteiger partial charge in [0, 0.05) is 13.1 Å². The summed E-state index contributed by atoms with van der Waals surface area (Å²) >= 11 is 0. The number of ether oxygens (including phenoxy) is 1. The molecule has 0 radical (unpaired) electrons. The Morgan fingerprint density at radius 3 is 2.43 bits per heavy atom. The van der Waals surface area contributed by atoms with E-state index in [1.54, 1.807) is 32.9 Å². The topological polar surface area (TPSA) is 75.8 Å². The first-order valence-electron chi connectivity index (χ1n) is 6.82. The van der Waals surface area contributed by atoms with Gasteiger partial charge in [0.15, 0.2) is 0 Å². The van der Waals surface area contributed by atoms with Crippen molar-refractivity contribution >= 4 is 6.09 Å². The van der Waals surface area contributed by atoms with Crippen molar-refractivity contribution in [2.75, 3.05) is 13.1 Å². The zero-order valence-corrected chi connectivity index (χ0v) is 12.7. The Hall–Kier alpha value is -1.66. The molecule has 3 N–H and O–H groups in total. The van der Waals surface area contributed by atoms with Crippen molar-refractivity contribution in [2.24, 2.45) is 5.73 Å². The fourth-order valence-electron chi connectivity index (χ4n) is 1.67. The van der Waals surface area contributed by atoms with Crippen LogP contribution in [0.25, 0.3) is 0 Å². The van der Waals surface area contributed by atoms with Gasteiger partial charge in [-0.05, 0) is 38.5 Å². The van der Waals surface area contributed by atoms with Crippen LogP contribution in [0.15, 0.2) is 24.3 Å². The molecular weight excluding hydrogens is 275 g/mol. The van der Waals surface area contributed by atoms with Gasteiger partial charge in [0.2, 0.25) is 0 Å². The van der Waals surface area contributed by atoms with Gasteiger partial charge in [0.05, 0.1) is 12.6 Å². The largest absolute Gasteiger partial charge is 0.444 e. The van der Waals surface area contributed by atoms with Crippen LogP contribution in [0.5, 0.6) is 0 Å². The van der Waals surface area contributed by atoms with E-state index < -0.39 is 17.8 Å². The van der Waals surface area contributed by atoms with Gasteiger partial charge in [-0.3, -0.25) is 0 Å². The van der Waals surface area contributed by atoms with Gasteiger partial charge < -0.3 is 20.5 Å². The first-order chi connectivity index (χ1) is 9.71. The molecule has 5 nitrogen and oxygen atoms in total. The highest BCUT2D eigenvalue weighted by Crippen LogP contribution is 2.13. The van der Waals surface area contributed by atoms with Crippen LogP contribution < -0.4 is 5.73 Å². The van der Waals surface area contributed by atoms with E-state index in [9.17, 15) is 14.3 Å². The number of aliphatic hydroxyl groups is 1. The lowest BCUT2D eigenvalue weighted by atomic mass is 10.2. The number of amides is 1. The summed E-state index contributed by atoms with van der Waals surface area (Å²) in [6.07, 6.45) is -1.38. The van der Waals surface area contributed by atoms with E-state index in [1.165, 1.54) is 17.0 Å². The van der Waals surface area contributed by atoms with Crippen molar-refractivity contribution in [3.8, 4) is 0 Å². The Balaban J connectivity index is 2.81. The van der Waals surface area contributed by atoms with E-state index in [4.69, 9.17) is 10.5 Å². The zero-order chi connectivity index (χ0) is 16.0. The molecule has 1 rings (SSSR count). The monoisotopic (exact) mass is 298 g/mol. The molecule has 1 amide bonds. The second-order valence-electron chi connectivity index (χ2n) is 5.88. The summed E-state index contributed by atoms with van der Waals surface area (Å²) in [6.45, 7) is 5.61. The fraction of sp³-hybridized carbons (Fsp3) is 0.533. The highest BCUT2D eigenvalue weighted by molar-refractivity contribution is 5.68.